The molecule has 1 aliphatic heterocycles. The van der Waals surface area contributed by atoms with Crippen LogP contribution in [-0.4, -0.2) is 0 Å². The van der Waals surface area contributed by atoms with Gasteiger partial charge in [0.05, 0.1) is 35.8 Å². The summed E-state index contributed by atoms with van der Waals surface area (Å²) in [6.45, 7) is -5.70. The number of aryl methyl sites for hydroxylation is 1. The molecule has 0 bridgehead atoms. The van der Waals surface area contributed by atoms with Crippen molar-refractivity contribution in [2.75, 3.05) is 4.90 Å². The van der Waals surface area contributed by atoms with E-state index in [2.05, 4.69) is 0 Å². The summed E-state index contributed by atoms with van der Waals surface area (Å²) < 4.78 is 194. The van der Waals surface area contributed by atoms with Crippen molar-refractivity contribution < 1.29 is 30.2 Å². The van der Waals surface area contributed by atoms with Gasteiger partial charge in [0.1, 0.15) is 0 Å². The minimum Gasteiger partial charge on any atom is -0.362 e. The molecule has 0 spiro atoms. The van der Waals surface area contributed by atoms with E-state index >= 15 is 0 Å². The Hall–Kier alpha value is -3.84. The molecule has 0 aliphatic carbocycles. The summed E-state index contributed by atoms with van der Waals surface area (Å²) in [6, 6.07) is -17.3. The fourth-order valence-electron chi connectivity index (χ4n) is 3.48. The maximum atomic E-state index is 9.58. The molecule has 154 valence electrons. The third kappa shape index (κ3) is 3.09. The van der Waals surface area contributed by atoms with Crippen LogP contribution in [0.3, 0.4) is 0 Å². The van der Waals surface area contributed by atoms with Crippen LogP contribution in [0, 0.1) is 6.92 Å². The Morgan fingerprint density at radius 3 is 1.81 bits per heavy atom. The zero-order valence-electron chi connectivity index (χ0n) is 38.4. The minimum atomic E-state index is -3.50. The summed E-state index contributed by atoms with van der Waals surface area (Å²) in [7, 11) is 0. The van der Waals surface area contributed by atoms with Gasteiger partial charge >= 0.3 is 0 Å². The Kier molecular flexibility index (Phi) is 1.64. The zero-order chi connectivity index (χ0) is 40.7. The van der Waals surface area contributed by atoms with Gasteiger partial charge in [0.2, 0.25) is 0 Å². The number of rotatable bonds is 3. The van der Waals surface area contributed by atoms with Crippen LogP contribution in [0.4, 0.5) is 5.69 Å². The first-order valence-electron chi connectivity index (χ1n) is 20.4. The largest absolute Gasteiger partial charge is 0.362 e. The number of nitrogens with zero attached hydrogens (tertiary/aromatic N) is 1. The lowest BCUT2D eigenvalue weighted by Crippen LogP contribution is -2.27. The van der Waals surface area contributed by atoms with Gasteiger partial charge in [0, 0.05) is 24.1 Å². The smallest absolute Gasteiger partial charge is 0.0630 e. The molecule has 0 fully saturated rings. The summed E-state index contributed by atoms with van der Waals surface area (Å²) in [4.78, 5) is 0.132. The third-order valence-corrected chi connectivity index (χ3v) is 4.89. The average molecular weight is 434 g/mol. The Bertz CT molecular complexity index is 2340. The molecule has 1 aliphatic rings. The van der Waals surface area contributed by atoms with Crippen LogP contribution in [0.5, 0.6) is 0 Å². The van der Waals surface area contributed by atoms with Crippen LogP contribution in [0.1, 0.15) is 46.8 Å². The van der Waals surface area contributed by atoms with Crippen LogP contribution >= 0.6 is 0 Å². The van der Waals surface area contributed by atoms with Crippen molar-refractivity contribution in [3.63, 3.8) is 0 Å². The van der Waals surface area contributed by atoms with Gasteiger partial charge < -0.3 is 4.90 Å². The Morgan fingerprint density at radius 1 is 0.625 bits per heavy atom. The van der Waals surface area contributed by atoms with E-state index in [0.717, 1.165) is 0 Å². The molecule has 0 N–H and O–H groups in total. The number of benzene rings is 5. The highest BCUT2D eigenvalue weighted by atomic mass is 15.1. The zero-order valence-corrected chi connectivity index (χ0v) is 16.4. The van der Waals surface area contributed by atoms with E-state index < -0.39 is 166 Å². The molecule has 0 radical (unpaired) electrons. The SMILES string of the molecule is [2H]c1c([2H])c([2H])c(-c2c([2H])c([2H])c([2H])c(-c3c([2H])c([2H])c([2H])c([2H])c3[2H])c2N2C([2H])([2H])c3c([2H])c([2H])c([2H])c4c(C)c([2H])c([2H])c(c34)C2([2H])[2H])c([2H])c1[2H]. The van der Waals surface area contributed by atoms with Crippen molar-refractivity contribution in [1.29, 1.82) is 0 Å². The topological polar surface area (TPSA) is 3.24 Å². The highest BCUT2D eigenvalue weighted by Gasteiger charge is 2.24. The number of hydrogen-bond acceptors (Lipinski definition) is 1. The van der Waals surface area contributed by atoms with Gasteiger partial charge in [-0.1, -0.05) is 109 Å². The van der Waals surface area contributed by atoms with Crippen molar-refractivity contribution >= 4 is 16.5 Å². The van der Waals surface area contributed by atoms with Gasteiger partial charge in [-0.2, -0.15) is 0 Å². The second-order valence-electron chi connectivity index (χ2n) is 6.78. The minimum absolute atomic E-state index is 0.112. The van der Waals surface area contributed by atoms with Gasteiger partial charge in [0.15, 0.2) is 0 Å². The van der Waals surface area contributed by atoms with Crippen LogP contribution in [-0.2, 0) is 13.0 Å². The van der Waals surface area contributed by atoms with Crippen molar-refractivity contribution in [2.24, 2.45) is 0 Å². The van der Waals surface area contributed by atoms with Crippen LogP contribution in [0.2, 0.25) is 0 Å². The Morgan fingerprint density at radius 2 is 1.19 bits per heavy atom. The lowest BCUT2D eigenvalue weighted by molar-refractivity contribution is 0.790. The lowest BCUT2D eigenvalue weighted by atomic mass is 9.90. The van der Waals surface area contributed by atoms with E-state index in [9.17, 15) is 5.48 Å². The van der Waals surface area contributed by atoms with E-state index in [1.54, 1.807) is 0 Å². The fourth-order valence-corrected chi connectivity index (χ4v) is 3.48. The molecule has 5 aromatic rings. The quantitative estimate of drug-likeness (QED) is 0.278. The molecule has 5 aromatic carbocycles. The van der Waals surface area contributed by atoms with E-state index in [0.29, 0.717) is 0 Å². The third-order valence-electron chi connectivity index (χ3n) is 4.89. The molecule has 32 heavy (non-hydrogen) atoms. The van der Waals surface area contributed by atoms with Crippen LogP contribution < -0.4 is 4.90 Å². The highest BCUT2D eigenvalue weighted by Crippen LogP contribution is 2.43. The van der Waals surface area contributed by atoms with Crippen molar-refractivity contribution in [3.8, 4) is 22.3 Å². The highest BCUT2D eigenvalue weighted by molar-refractivity contribution is 5.95. The first-order chi connectivity index (χ1) is 24.8. The molecule has 0 unspecified atom stereocenters. The van der Waals surface area contributed by atoms with Gasteiger partial charge in [-0.3, -0.25) is 0 Å². The summed E-state index contributed by atoms with van der Waals surface area (Å²) in [6.07, 6.45) is 0. The second kappa shape index (κ2) is 7.69. The predicted molar refractivity (Wildman–Crippen MR) is 136 cm³/mol. The number of anilines is 1. The van der Waals surface area contributed by atoms with Gasteiger partial charge in [0.25, 0.3) is 0 Å². The van der Waals surface area contributed by atoms with Crippen LogP contribution in [0.15, 0.2) is 109 Å². The maximum absolute atomic E-state index is 9.58. The Balaban J connectivity index is 2.01. The van der Waals surface area contributed by atoms with Crippen molar-refractivity contribution in [1.82, 2.24) is 0 Å². The van der Waals surface area contributed by atoms with Crippen molar-refractivity contribution in [2.45, 2.75) is 19.9 Å². The Labute approximate surface area is 220 Å². The average Bonchev–Trinajstić information content (AvgIpc) is 3.10. The molecule has 0 saturated carbocycles. The molecule has 6 rings (SSSR count). The molecule has 1 heterocycles. The second-order valence-corrected chi connectivity index (χ2v) is 6.78. The lowest BCUT2D eigenvalue weighted by Gasteiger charge is -2.34. The molecule has 0 saturated heterocycles. The number of para-hydroxylation sites is 1. The first kappa shape index (κ1) is 6.83. The molecular formula is C31H25N. The van der Waals surface area contributed by atoms with E-state index in [1.807, 2.05) is 0 Å². The van der Waals surface area contributed by atoms with E-state index in [1.165, 1.54) is 6.92 Å². The summed E-state index contributed by atoms with van der Waals surface area (Å²) in [5.41, 5.74) is -6.73. The standard InChI is InChI=1S/C31H25N/c1-22-18-19-26-21-32(20-25-14-8-15-27(22)30(25)26)31-28(23-10-4-2-5-11-23)16-9-17-29(31)24-12-6-3-7-13-24/h2-19H,20-21H2,1H3/i2D,3D,4D,5D,6D,7D,8D,9D,10D,11D,12D,13D,14D,15D,16D,17D,18D,19D,20D2,21D2. The molecule has 0 aromatic heterocycles. The molecule has 0 atom stereocenters. The molecule has 1 nitrogen and oxygen atoms in total. The molecule has 1 heteroatoms. The number of hydrogen-bond donors (Lipinski definition) is 0. The maximum Gasteiger partial charge on any atom is 0.0630 e. The summed E-state index contributed by atoms with van der Waals surface area (Å²) in [5, 5.41) is -0.830. The first-order valence-corrected chi connectivity index (χ1v) is 9.42. The predicted octanol–water partition coefficient (Wildman–Crippen LogP) is 8.00. The fraction of sp³-hybridized carbons (Fsp3) is 0.0968. The summed E-state index contributed by atoms with van der Waals surface area (Å²) in [5.74, 6) is 0. The van der Waals surface area contributed by atoms with Crippen LogP contribution in [0.25, 0.3) is 33.0 Å². The van der Waals surface area contributed by atoms with Crippen molar-refractivity contribution in [3.05, 3.63) is 125 Å². The molecular weight excluding hydrogens is 386 g/mol. The normalized spacial score (nSPS) is 25.7. The molecule has 0 amide bonds. The summed E-state index contributed by atoms with van der Waals surface area (Å²) >= 11 is 0. The van der Waals surface area contributed by atoms with Gasteiger partial charge in [-0.05, 0) is 45.5 Å². The van der Waals surface area contributed by atoms with Gasteiger partial charge in [-0.15, -0.1) is 0 Å². The van der Waals surface area contributed by atoms with E-state index in [-0.39, 0.29) is 15.8 Å². The van der Waals surface area contributed by atoms with Gasteiger partial charge in [-0.25, -0.2) is 0 Å². The monoisotopic (exact) mass is 433 g/mol. The van der Waals surface area contributed by atoms with E-state index in [4.69, 9.17) is 24.7 Å².